The second-order valence-electron chi connectivity index (χ2n) is 4.49. The van der Waals surface area contributed by atoms with Gasteiger partial charge in [-0.15, -0.1) is 0 Å². The summed E-state index contributed by atoms with van der Waals surface area (Å²) in [7, 11) is 1.06. The highest BCUT2D eigenvalue weighted by atomic mass is 32.2. The van der Waals surface area contributed by atoms with Gasteiger partial charge in [-0.3, -0.25) is 4.79 Å². The van der Waals surface area contributed by atoms with Gasteiger partial charge in [0.15, 0.2) is 11.5 Å². The van der Waals surface area contributed by atoms with Crippen molar-refractivity contribution >= 4 is 15.9 Å². The van der Waals surface area contributed by atoms with Crippen molar-refractivity contribution in [3.63, 3.8) is 0 Å². The third kappa shape index (κ3) is 5.24. The Kier molecular flexibility index (Phi) is 5.98. The van der Waals surface area contributed by atoms with Crippen LogP contribution < -0.4 is 14.8 Å². The van der Waals surface area contributed by atoms with E-state index in [0.29, 0.717) is 11.5 Å². The number of sulfonamides is 1. The molecule has 7 nitrogen and oxygen atoms in total. The van der Waals surface area contributed by atoms with Gasteiger partial charge in [-0.1, -0.05) is 6.07 Å². The topological polar surface area (TPSA) is 84.9 Å². The lowest BCUT2D eigenvalue weighted by molar-refractivity contribution is -0.121. The number of nitrogens with zero attached hydrogens (tertiary/aromatic N) is 1. The Morgan fingerprint density at radius 1 is 1.24 bits per heavy atom. The van der Waals surface area contributed by atoms with E-state index in [1.165, 1.54) is 14.2 Å². The number of hydrogen-bond donors (Lipinski definition) is 1. The zero-order chi connectivity index (χ0) is 16.0. The predicted molar refractivity (Wildman–Crippen MR) is 78.9 cm³/mol. The van der Waals surface area contributed by atoms with Crippen molar-refractivity contribution in [3.05, 3.63) is 23.8 Å². The van der Waals surface area contributed by atoms with Crippen LogP contribution in [0, 0.1) is 0 Å². The Morgan fingerprint density at radius 3 is 2.38 bits per heavy atom. The Hall–Kier alpha value is -1.80. The smallest absolute Gasteiger partial charge is 0.235 e. The van der Waals surface area contributed by atoms with Crippen LogP contribution in [0.5, 0.6) is 11.5 Å². The molecule has 1 aromatic rings. The number of hydrogen-bond acceptors (Lipinski definition) is 5. The summed E-state index contributed by atoms with van der Waals surface area (Å²) in [6.07, 6.45) is 1.05. The van der Waals surface area contributed by atoms with Crippen LogP contribution in [0.3, 0.4) is 0 Å². The Morgan fingerprint density at radius 2 is 1.86 bits per heavy atom. The Labute approximate surface area is 124 Å². The molecule has 0 fully saturated rings. The quantitative estimate of drug-likeness (QED) is 0.777. The van der Waals surface area contributed by atoms with Crippen molar-refractivity contribution in [3.8, 4) is 11.5 Å². The van der Waals surface area contributed by atoms with Gasteiger partial charge in [0, 0.05) is 13.6 Å². The summed E-state index contributed by atoms with van der Waals surface area (Å²) in [4.78, 5) is 11.7. The molecule has 0 unspecified atom stereocenters. The van der Waals surface area contributed by atoms with E-state index in [0.717, 1.165) is 16.1 Å². The van der Waals surface area contributed by atoms with Crippen molar-refractivity contribution in [2.75, 3.05) is 34.1 Å². The van der Waals surface area contributed by atoms with E-state index in [1.54, 1.807) is 25.3 Å². The first-order valence-electron chi connectivity index (χ1n) is 6.17. The molecule has 0 saturated heterocycles. The van der Waals surface area contributed by atoms with Crippen molar-refractivity contribution in [1.82, 2.24) is 9.62 Å². The van der Waals surface area contributed by atoms with Crippen LogP contribution in [0.25, 0.3) is 0 Å². The maximum atomic E-state index is 11.7. The molecule has 21 heavy (non-hydrogen) atoms. The summed E-state index contributed by atoms with van der Waals surface area (Å²) in [6.45, 7) is 0.0584. The summed E-state index contributed by atoms with van der Waals surface area (Å²) in [5.41, 5.74) is 0.822. The molecule has 0 aliphatic rings. The molecule has 1 N–H and O–H groups in total. The highest BCUT2D eigenvalue weighted by Gasteiger charge is 2.15. The van der Waals surface area contributed by atoms with Crippen molar-refractivity contribution in [2.24, 2.45) is 0 Å². The number of carbonyl (C=O) groups is 1. The predicted octanol–water partition coefficient (Wildman–Crippen LogP) is 0.211. The van der Waals surface area contributed by atoms with Gasteiger partial charge in [0.1, 0.15) is 0 Å². The highest BCUT2D eigenvalue weighted by molar-refractivity contribution is 7.88. The molecule has 0 aromatic heterocycles. The largest absolute Gasteiger partial charge is 0.493 e. The second-order valence-corrected chi connectivity index (χ2v) is 6.57. The van der Waals surface area contributed by atoms with Gasteiger partial charge >= 0.3 is 0 Å². The van der Waals surface area contributed by atoms with Crippen LogP contribution in [0.4, 0.5) is 0 Å². The lowest BCUT2D eigenvalue weighted by Gasteiger charge is -2.14. The highest BCUT2D eigenvalue weighted by Crippen LogP contribution is 2.27. The fourth-order valence-corrected chi connectivity index (χ4v) is 1.92. The number of amides is 1. The zero-order valence-corrected chi connectivity index (χ0v) is 13.4. The first-order valence-corrected chi connectivity index (χ1v) is 8.01. The van der Waals surface area contributed by atoms with E-state index in [2.05, 4.69) is 5.32 Å². The zero-order valence-electron chi connectivity index (χ0n) is 12.5. The van der Waals surface area contributed by atoms with E-state index in [1.807, 2.05) is 0 Å². The SMILES string of the molecule is COc1ccc(CNC(=O)CN(C)S(C)(=O)=O)cc1OC. The normalized spacial score (nSPS) is 11.3. The number of carbonyl (C=O) groups excluding carboxylic acids is 1. The fourth-order valence-electron chi connectivity index (χ4n) is 1.57. The molecular weight excluding hydrogens is 296 g/mol. The average molecular weight is 316 g/mol. The minimum absolute atomic E-state index is 0.216. The van der Waals surface area contributed by atoms with Gasteiger partial charge in [-0.25, -0.2) is 8.42 Å². The van der Waals surface area contributed by atoms with E-state index < -0.39 is 10.0 Å². The van der Waals surface area contributed by atoms with Crippen LogP contribution >= 0.6 is 0 Å². The summed E-state index contributed by atoms with van der Waals surface area (Å²) >= 11 is 0. The second kappa shape index (κ2) is 7.28. The van der Waals surface area contributed by atoms with E-state index in [-0.39, 0.29) is 19.0 Å². The van der Waals surface area contributed by atoms with Gasteiger partial charge in [-0.2, -0.15) is 4.31 Å². The van der Waals surface area contributed by atoms with Gasteiger partial charge in [0.25, 0.3) is 0 Å². The van der Waals surface area contributed by atoms with Crippen molar-refractivity contribution in [1.29, 1.82) is 0 Å². The molecule has 1 rings (SSSR count). The Bertz CT molecular complexity index is 601. The summed E-state index contributed by atoms with van der Waals surface area (Å²) in [5.74, 6) is 0.791. The molecule has 118 valence electrons. The number of nitrogens with one attached hydrogen (secondary N) is 1. The molecule has 0 aliphatic carbocycles. The standard InChI is InChI=1S/C13H20N2O5S/c1-15(21(4,17)18)9-13(16)14-8-10-5-6-11(19-2)12(7-10)20-3/h5-7H,8-9H2,1-4H3,(H,14,16). The first kappa shape index (κ1) is 17.3. The van der Waals surface area contributed by atoms with E-state index in [9.17, 15) is 13.2 Å². The third-order valence-electron chi connectivity index (χ3n) is 2.87. The maximum absolute atomic E-state index is 11.7. The minimum atomic E-state index is -3.36. The van der Waals surface area contributed by atoms with Crippen LogP contribution in [0.2, 0.25) is 0 Å². The summed E-state index contributed by atoms with van der Waals surface area (Å²) in [6, 6.07) is 5.28. The minimum Gasteiger partial charge on any atom is -0.493 e. The molecule has 1 amide bonds. The number of methoxy groups -OCH3 is 2. The van der Waals surface area contributed by atoms with Gasteiger partial charge in [0.2, 0.25) is 15.9 Å². The van der Waals surface area contributed by atoms with Crippen LogP contribution in [0.15, 0.2) is 18.2 Å². The van der Waals surface area contributed by atoms with Crippen LogP contribution in [-0.2, 0) is 21.4 Å². The van der Waals surface area contributed by atoms with Gasteiger partial charge < -0.3 is 14.8 Å². The number of benzene rings is 1. The van der Waals surface area contributed by atoms with Gasteiger partial charge in [0.05, 0.1) is 27.0 Å². The lowest BCUT2D eigenvalue weighted by atomic mass is 10.2. The molecule has 0 radical (unpaired) electrons. The molecule has 8 heteroatoms. The first-order chi connectivity index (χ1) is 9.77. The number of rotatable bonds is 7. The van der Waals surface area contributed by atoms with E-state index >= 15 is 0 Å². The number of likely N-dealkylation sites (N-methyl/N-ethyl adjacent to an activating group) is 1. The summed E-state index contributed by atoms with van der Waals surface area (Å²) in [5, 5.41) is 2.65. The molecule has 0 heterocycles. The molecule has 0 bridgehead atoms. The average Bonchev–Trinajstić information content (AvgIpc) is 2.43. The molecule has 0 spiro atoms. The van der Waals surface area contributed by atoms with E-state index in [4.69, 9.17) is 9.47 Å². The monoisotopic (exact) mass is 316 g/mol. The number of ether oxygens (including phenoxy) is 2. The summed E-state index contributed by atoms with van der Waals surface area (Å²) < 4.78 is 33.7. The molecule has 0 atom stereocenters. The molecule has 1 aromatic carbocycles. The lowest BCUT2D eigenvalue weighted by Crippen LogP contribution is -2.37. The maximum Gasteiger partial charge on any atom is 0.235 e. The fraction of sp³-hybridized carbons (Fsp3) is 0.462. The van der Waals surface area contributed by atoms with Crippen LogP contribution in [0.1, 0.15) is 5.56 Å². The molecular formula is C13H20N2O5S. The molecule has 0 aliphatic heterocycles. The van der Waals surface area contributed by atoms with Crippen molar-refractivity contribution in [2.45, 2.75) is 6.54 Å². The van der Waals surface area contributed by atoms with Crippen LogP contribution in [-0.4, -0.2) is 52.7 Å². The Balaban J connectivity index is 2.61. The third-order valence-corrected chi connectivity index (χ3v) is 4.13. The van der Waals surface area contributed by atoms with Crippen molar-refractivity contribution < 1.29 is 22.7 Å². The molecule has 0 saturated carbocycles. The van der Waals surface area contributed by atoms with Gasteiger partial charge in [-0.05, 0) is 17.7 Å².